The molecule has 0 bridgehead atoms. The zero-order valence-electron chi connectivity index (χ0n) is 15.8. The smallest absolute Gasteiger partial charge is 0.137 e. The Morgan fingerprint density at radius 3 is 2.46 bits per heavy atom. The van der Waals surface area contributed by atoms with E-state index in [4.69, 9.17) is 21.3 Å². The van der Waals surface area contributed by atoms with Gasteiger partial charge in [-0.05, 0) is 35.9 Å². The maximum Gasteiger partial charge on any atom is 0.137 e. The van der Waals surface area contributed by atoms with Gasteiger partial charge >= 0.3 is 0 Å². The molecule has 142 valence electrons. The summed E-state index contributed by atoms with van der Waals surface area (Å²) >= 11 is 6.26. The molecule has 1 aliphatic rings. The summed E-state index contributed by atoms with van der Waals surface area (Å²) < 4.78 is 5.25. The molecule has 28 heavy (non-hydrogen) atoms. The molecule has 0 radical (unpaired) electrons. The van der Waals surface area contributed by atoms with Crippen molar-refractivity contribution >= 4 is 23.1 Å². The Hall–Kier alpha value is -2.82. The molecule has 0 N–H and O–H groups in total. The van der Waals surface area contributed by atoms with Crippen molar-refractivity contribution < 1.29 is 4.74 Å². The van der Waals surface area contributed by atoms with Gasteiger partial charge in [0.05, 0.1) is 20.4 Å². The third-order valence-corrected chi connectivity index (χ3v) is 4.97. The molecule has 3 aromatic carbocycles. The summed E-state index contributed by atoms with van der Waals surface area (Å²) in [5.74, 6) is 1.83. The van der Waals surface area contributed by atoms with Gasteiger partial charge in [0.15, 0.2) is 0 Å². The van der Waals surface area contributed by atoms with Crippen molar-refractivity contribution in [3.8, 4) is 5.75 Å². The number of hydrogen-bond acceptors (Lipinski definition) is 4. The second kappa shape index (κ2) is 8.46. The zero-order valence-corrected chi connectivity index (χ0v) is 16.5. The first-order chi connectivity index (χ1) is 13.7. The summed E-state index contributed by atoms with van der Waals surface area (Å²) in [6.07, 6.45) is 0. The number of nitrogens with zero attached hydrogens (tertiary/aromatic N) is 3. The Kier molecular flexibility index (Phi) is 5.60. The lowest BCUT2D eigenvalue weighted by Gasteiger charge is -2.36. The normalized spacial score (nSPS) is 14.6. The minimum atomic E-state index is 0.646. The molecule has 0 aliphatic carbocycles. The summed E-state index contributed by atoms with van der Waals surface area (Å²) in [5, 5.41) is 0.720. The number of ether oxygens (including phenoxy) is 1. The highest BCUT2D eigenvalue weighted by atomic mass is 35.5. The summed E-state index contributed by atoms with van der Waals surface area (Å²) in [6.45, 7) is 2.19. The van der Waals surface area contributed by atoms with Crippen molar-refractivity contribution in [3.05, 3.63) is 95.0 Å². The van der Waals surface area contributed by atoms with E-state index in [1.54, 1.807) is 7.11 Å². The van der Waals surface area contributed by atoms with Crippen molar-refractivity contribution in [2.45, 2.75) is 6.54 Å². The van der Waals surface area contributed by atoms with Crippen LogP contribution in [0.2, 0.25) is 5.02 Å². The lowest BCUT2D eigenvalue weighted by Crippen LogP contribution is -2.46. The molecule has 4 nitrogen and oxygen atoms in total. The second-order valence-electron chi connectivity index (χ2n) is 6.72. The van der Waals surface area contributed by atoms with Crippen molar-refractivity contribution in [1.29, 1.82) is 0 Å². The molecule has 0 saturated carbocycles. The summed E-state index contributed by atoms with van der Waals surface area (Å²) in [7, 11) is 1.68. The quantitative estimate of drug-likeness (QED) is 0.610. The maximum atomic E-state index is 6.26. The van der Waals surface area contributed by atoms with Gasteiger partial charge in [-0.15, -0.1) is 0 Å². The van der Waals surface area contributed by atoms with Crippen molar-refractivity contribution in [3.63, 3.8) is 0 Å². The Balaban J connectivity index is 1.61. The number of anilines is 1. The largest absolute Gasteiger partial charge is 0.497 e. The highest BCUT2D eigenvalue weighted by molar-refractivity contribution is 6.31. The Bertz CT molecular complexity index is 957. The molecular weight excluding hydrogens is 370 g/mol. The Morgan fingerprint density at radius 1 is 0.964 bits per heavy atom. The van der Waals surface area contributed by atoms with E-state index in [-0.39, 0.29) is 0 Å². The molecule has 0 amide bonds. The van der Waals surface area contributed by atoms with Gasteiger partial charge in [0.25, 0.3) is 0 Å². The average molecular weight is 392 g/mol. The molecule has 1 heterocycles. The van der Waals surface area contributed by atoms with Crippen LogP contribution in [0.3, 0.4) is 0 Å². The van der Waals surface area contributed by atoms with E-state index in [2.05, 4.69) is 40.1 Å². The number of hydrogen-bond donors (Lipinski definition) is 0. The van der Waals surface area contributed by atoms with E-state index in [1.165, 1.54) is 5.56 Å². The molecule has 0 saturated heterocycles. The van der Waals surface area contributed by atoms with Gasteiger partial charge in [-0.3, -0.25) is 9.89 Å². The predicted octanol–water partition coefficient (Wildman–Crippen LogP) is 5.03. The van der Waals surface area contributed by atoms with Crippen LogP contribution in [0.25, 0.3) is 0 Å². The first kappa shape index (κ1) is 18.5. The molecule has 0 atom stereocenters. The van der Waals surface area contributed by atoms with Crippen LogP contribution in [0.1, 0.15) is 11.1 Å². The fraction of sp³-hybridized carbons (Fsp3) is 0.174. The molecule has 4 rings (SSSR count). The van der Waals surface area contributed by atoms with Gasteiger partial charge in [-0.2, -0.15) is 0 Å². The number of rotatable bonds is 5. The van der Waals surface area contributed by atoms with Crippen molar-refractivity contribution in [2.75, 3.05) is 25.3 Å². The highest BCUT2D eigenvalue weighted by Gasteiger charge is 2.23. The van der Waals surface area contributed by atoms with Gasteiger partial charge < -0.3 is 9.64 Å². The van der Waals surface area contributed by atoms with Crippen LogP contribution in [0.5, 0.6) is 5.75 Å². The second-order valence-corrected chi connectivity index (χ2v) is 7.15. The molecule has 1 aliphatic heterocycles. The maximum absolute atomic E-state index is 6.26. The van der Waals surface area contributed by atoms with Crippen LogP contribution >= 0.6 is 11.6 Å². The monoisotopic (exact) mass is 391 g/mol. The lowest BCUT2D eigenvalue weighted by molar-refractivity contribution is 0.273. The summed E-state index contributed by atoms with van der Waals surface area (Å²) in [6, 6.07) is 26.4. The standard InChI is InChI=1S/C23H22ClN3O/c1-28-22-12-10-18(11-13-22)15-26-16-25-23(19-6-3-2-4-7-19)27(17-26)21-9-5-8-20(24)14-21/h2-14H,15-17H2,1H3. The molecule has 5 heteroatoms. The van der Waals surface area contributed by atoms with Crippen LogP contribution < -0.4 is 9.64 Å². The van der Waals surface area contributed by atoms with Crippen LogP contribution in [0.15, 0.2) is 83.9 Å². The van der Waals surface area contributed by atoms with Gasteiger partial charge in [-0.1, -0.05) is 60.1 Å². The number of benzene rings is 3. The van der Waals surface area contributed by atoms with E-state index in [0.29, 0.717) is 6.67 Å². The van der Waals surface area contributed by atoms with Crippen molar-refractivity contribution in [1.82, 2.24) is 4.90 Å². The fourth-order valence-electron chi connectivity index (χ4n) is 3.34. The molecule has 0 unspecified atom stereocenters. The zero-order chi connectivity index (χ0) is 19.3. The fourth-order valence-corrected chi connectivity index (χ4v) is 3.52. The summed E-state index contributed by atoms with van der Waals surface area (Å²) in [5.41, 5.74) is 3.37. The molecule has 3 aromatic rings. The van der Waals surface area contributed by atoms with E-state index < -0.39 is 0 Å². The first-order valence-electron chi connectivity index (χ1n) is 9.21. The molecule has 0 fully saturated rings. The SMILES string of the molecule is COc1ccc(CN2CN=C(c3ccccc3)N(c3cccc(Cl)c3)C2)cc1. The van der Waals surface area contributed by atoms with E-state index in [0.717, 1.165) is 41.1 Å². The van der Waals surface area contributed by atoms with Crippen LogP contribution in [0, 0.1) is 0 Å². The Morgan fingerprint density at radius 2 is 1.75 bits per heavy atom. The number of amidine groups is 1. The third kappa shape index (κ3) is 4.19. The van der Waals surface area contributed by atoms with E-state index >= 15 is 0 Å². The Labute approximate surface area is 170 Å². The van der Waals surface area contributed by atoms with Crippen molar-refractivity contribution in [2.24, 2.45) is 4.99 Å². The van der Waals surface area contributed by atoms with Crippen LogP contribution in [-0.2, 0) is 6.54 Å². The third-order valence-electron chi connectivity index (χ3n) is 4.73. The summed E-state index contributed by atoms with van der Waals surface area (Å²) in [4.78, 5) is 9.42. The van der Waals surface area contributed by atoms with E-state index in [9.17, 15) is 0 Å². The van der Waals surface area contributed by atoms with E-state index in [1.807, 2.05) is 48.5 Å². The number of halogens is 1. The topological polar surface area (TPSA) is 28.1 Å². The predicted molar refractivity (Wildman–Crippen MR) is 115 cm³/mol. The molecule has 0 spiro atoms. The van der Waals surface area contributed by atoms with Gasteiger partial charge in [-0.25, -0.2) is 0 Å². The lowest BCUT2D eigenvalue weighted by atomic mass is 10.1. The van der Waals surface area contributed by atoms with Crippen LogP contribution in [-0.4, -0.2) is 31.2 Å². The van der Waals surface area contributed by atoms with Gasteiger partial charge in [0.2, 0.25) is 0 Å². The van der Waals surface area contributed by atoms with Crippen LogP contribution in [0.4, 0.5) is 5.69 Å². The molecular formula is C23H22ClN3O. The minimum absolute atomic E-state index is 0.646. The first-order valence-corrected chi connectivity index (χ1v) is 9.59. The minimum Gasteiger partial charge on any atom is -0.497 e. The molecule has 0 aromatic heterocycles. The average Bonchev–Trinajstić information content (AvgIpc) is 2.75. The number of aliphatic imine (C=N–C) groups is 1. The highest BCUT2D eigenvalue weighted by Crippen LogP contribution is 2.25. The number of methoxy groups -OCH3 is 1. The van der Waals surface area contributed by atoms with Gasteiger partial charge in [0, 0.05) is 22.8 Å². The van der Waals surface area contributed by atoms with Gasteiger partial charge in [0.1, 0.15) is 11.6 Å².